The van der Waals surface area contributed by atoms with Gasteiger partial charge in [-0.2, -0.15) is 10.1 Å². The molecule has 0 aromatic heterocycles. The molecule has 1 heterocycles. The summed E-state index contributed by atoms with van der Waals surface area (Å²) >= 11 is 0. The lowest BCUT2D eigenvalue weighted by molar-refractivity contribution is -0.120. The van der Waals surface area contributed by atoms with Gasteiger partial charge in [0.15, 0.2) is 11.9 Å². The molecule has 1 aliphatic carbocycles. The first-order valence-corrected chi connectivity index (χ1v) is 8.90. The van der Waals surface area contributed by atoms with Crippen LogP contribution in [0.3, 0.4) is 0 Å². The Kier molecular flexibility index (Phi) is 5.84. The molecule has 7 nitrogen and oxygen atoms in total. The summed E-state index contributed by atoms with van der Waals surface area (Å²) in [6.07, 6.45) is 7.64. The van der Waals surface area contributed by atoms with Crippen LogP contribution in [-0.2, 0) is 9.53 Å². The molecule has 2 aliphatic rings. The standard InChI is InChI=1S/C21H22N4O3/c1-15(24(2)3)22-21(27)25-14-13-19(28-18-12-8-7-11-17(18)26)20(23-25)16-9-5-4-6-10-16/h4-13,18H,14H2,1-3H3. The fraction of sp³-hybridized carbons (Fsp3) is 0.238. The summed E-state index contributed by atoms with van der Waals surface area (Å²) in [5.41, 5.74) is 1.26. The van der Waals surface area contributed by atoms with Crippen molar-refractivity contribution in [3.63, 3.8) is 0 Å². The quantitative estimate of drug-likeness (QED) is 0.599. The maximum absolute atomic E-state index is 12.5. The summed E-state index contributed by atoms with van der Waals surface area (Å²) in [5.74, 6) is 0.902. The van der Waals surface area contributed by atoms with Crippen LogP contribution in [-0.4, -0.2) is 60.0 Å². The number of aliphatic imine (C=N–C) groups is 1. The van der Waals surface area contributed by atoms with Crippen LogP contribution >= 0.6 is 0 Å². The first-order valence-electron chi connectivity index (χ1n) is 8.90. The molecule has 0 fully saturated rings. The van der Waals surface area contributed by atoms with E-state index in [4.69, 9.17) is 4.74 Å². The largest absolute Gasteiger partial charge is 0.476 e. The van der Waals surface area contributed by atoms with E-state index in [1.165, 1.54) is 11.1 Å². The van der Waals surface area contributed by atoms with E-state index in [-0.39, 0.29) is 12.3 Å². The highest BCUT2D eigenvalue weighted by molar-refractivity contribution is 6.12. The molecule has 2 amide bonds. The van der Waals surface area contributed by atoms with Crippen LogP contribution in [0.25, 0.3) is 0 Å². The zero-order valence-corrected chi connectivity index (χ0v) is 16.1. The van der Waals surface area contributed by atoms with Crippen molar-refractivity contribution in [1.82, 2.24) is 9.91 Å². The Hall–Kier alpha value is -3.48. The average molecular weight is 378 g/mol. The van der Waals surface area contributed by atoms with Gasteiger partial charge in [0, 0.05) is 19.7 Å². The summed E-state index contributed by atoms with van der Waals surface area (Å²) in [5, 5.41) is 5.74. The number of rotatable bonds is 3. The Bertz CT molecular complexity index is 911. The van der Waals surface area contributed by atoms with E-state index >= 15 is 0 Å². The van der Waals surface area contributed by atoms with Gasteiger partial charge in [0.1, 0.15) is 17.3 Å². The van der Waals surface area contributed by atoms with Crippen molar-refractivity contribution in [1.29, 1.82) is 0 Å². The Morgan fingerprint density at radius 1 is 1.25 bits per heavy atom. The van der Waals surface area contributed by atoms with Gasteiger partial charge in [-0.05, 0) is 25.2 Å². The molecule has 144 valence electrons. The zero-order valence-electron chi connectivity index (χ0n) is 16.1. The first-order chi connectivity index (χ1) is 13.5. The molecule has 0 saturated heterocycles. The highest BCUT2D eigenvalue weighted by Crippen LogP contribution is 2.20. The van der Waals surface area contributed by atoms with Crippen molar-refractivity contribution in [2.45, 2.75) is 13.0 Å². The second-order valence-electron chi connectivity index (χ2n) is 6.49. The van der Waals surface area contributed by atoms with Crippen LogP contribution < -0.4 is 0 Å². The van der Waals surface area contributed by atoms with Crippen molar-refractivity contribution in [2.75, 3.05) is 20.6 Å². The topological polar surface area (TPSA) is 74.6 Å². The van der Waals surface area contributed by atoms with Gasteiger partial charge in [0.05, 0.1) is 6.54 Å². The third-order valence-electron chi connectivity index (χ3n) is 4.27. The van der Waals surface area contributed by atoms with Crippen LogP contribution in [0.15, 0.2) is 76.6 Å². The van der Waals surface area contributed by atoms with E-state index < -0.39 is 12.1 Å². The minimum atomic E-state index is -0.707. The molecule has 0 radical (unpaired) electrons. The zero-order chi connectivity index (χ0) is 20.1. The van der Waals surface area contributed by atoms with E-state index in [1.54, 1.807) is 36.1 Å². The number of carbonyl (C=O) groups excluding carboxylic acids is 2. The highest BCUT2D eigenvalue weighted by Gasteiger charge is 2.26. The van der Waals surface area contributed by atoms with E-state index in [9.17, 15) is 9.59 Å². The number of amidine groups is 1. The Morgan fingerprint density at radius 2 is 2.00 bits per heavy atom. The predicted molar refractivity (Wildman–Crippen MR) is 108 cm³/mol. The summed E-state index contributed by atoms with van der Waals surface area (Å²) < 4.78 is 5.92. The highest BCUT2D eigenvalue weighted by atomic mass is 16.5. The average Bonchev–Trinajstić information content (AvgIpc) is 2.70. The molecule has 1 aliphatic heterocycles. The number of hydrazone groups is 1. The summed E-state index contributed by atoms with van der Waals surface area (Å²) in [6, 6.07) is 8.92. The molecule has 3 rings (SSSR count). The molecule has 1 atom stereocenters. The molecule has 1 aromatic carbocycles. The number of ketones is 1. The second kappa shape index (κ2) is 8.47. The van der Waals surface area contributed by atoms with E-state index in [0.29, 0.717) is 17.3 Å². The maximum Gasteiger partial charge on any atom is 0.365 e. The molecule has 0 saturated carbocycles. The van der Waals surface area contributed by atoms with Crippen molar-refractivity contribution in [3.8, 4) is 0 Å². The number of hydrogen-bond donors (Lipinski definition) is 0. The van der Waals surface area contributed by atoms with Crippen LogP contribution in [0.1, 0.15) is 12.5 Å². The van der Waals surface area contributed by atoms with Crippen molar-refractivity contribution >= 4 is 23.4 Å². The molecule has 1 aromatic rings. The predicted octanol–water partition coefficient (Wildman–Crippen LogP) is 2.77. The first kappa shape index (κ1) is 19.3. The van der Waals surface area contributed by atoms with E-state index in [0.717, 1.165) is 5.56 Å². The summed E-state index contributed by atoms with van der Waals surface area (Å²) in [7, 11) is 3.63. The molecule has 0 bridgehead atoms. The van der Waals surface area contributed by atoms with Crippen LogP contribution in [0, 0.1) is 0 Å². The third-order valence-corrected chi connectivity index (χ3v) is 4.27. The minimum Gasteiger partial charge on any atom is -0.476 e. The summed E-state index contributed by atoms with van der Waals surface area (Å²) in [4.78, 5) is 30.4. The van der Waals surface area contributed by atoms with Gasteiger partial charge >= 0.3 is 6.03 Å². The number of urea groups is 1. The molecular formula is C21H22N4O3. The van der Waals surface area contributed by atoms with Crippen molar-refractivity contribution in [3.05, 3.63) is 72.0 Å². The van der Waals surface area contributed by atoms with E-state index in [2.05, 4.69) is 10.1 Å². The number of allylic oxidation sites excluding steroid dienone is 3. The van der Waals surface area contributed by atoms with Gasteiger partial charge in [-0.25, -0.2) is 9.80 Å². The fourth-order valence-electron chi connectivity index (χ4n) is 2.53. The smallest absolute Gasteiger partial charge is 0.365 e. The summed E-state index contributed by atoms with van der Waals surface area (Å²) in [6.45, 7) is 1.96. The number of nitrogens with zero attached hydrogens (tertiary/aromatic N) is 4. The number of benzene rings is 1. The fourth-order valence-corrected chi connectivity index (χ4v) is 2.53. The van der Waals surface area contributed by atoms with Gasteiger partial charge in [0.25, 0.3) is 0 Å². The second-order valence-corrected chi connectivity index (χ2v) is 6.49. The molecular weight excluding hydrogens is 356 g/mol. The van der Waals surface area contributed by atoms with Gasteiger partial charge in [0.2, 0.25) is 0 Å². The molecule has 1 unspecified atom stereocenters. The van der Waals surface area contributed by atoms with Gasteiger partial charge in [-0.3, -0.25) is 4.79 Å². The van der Waals surface area contributed by atoms with Crippen molar-refractivity contribution < 1.29 is 14.3 Å². The molecule has 0 spiro atoms. The molecule has 0 N–H and O–H groups in total. The minimum absolute atomic E-state index is 0.138. The number of ether oxygens (including phenoxy) is 1. The lowest BCUT2D eigenvalue weighted by Crippen LogP contribution is -2.33. The van der Waals surface area contributed by atoms with Crippen LogP contribution in [0.4, 0.5) is 4.79 Å². The molecule has 28 heavy (non-hydrogen) atoms. The lowest BCUT2D eigenvalue weighted by atomic mass is 10.1. The number of amides is 2. The van der Waals surface area contributed by atoms with Crippen molar-refractivity contribution in [2.24, 2.45) is 10.1 Å². The van der Waals surface area contributed by atoms with Gasteiger partial charge < -0.3 is 9.64 Å². The SMILES string of the molecule is CC(=NC(=O)N1CC=C(OC2C=CC=CC2=O)C(c2ccccc2)=N1)N(C)C. The number of hydrogen-bond acceptors (Lipinski definition) is 4. The Balaban J connectivity index is 1.89. The normalized spacial score (nSPS) is 19.2. The maximum atomic E-state index is 12.5. The molecule has 7 heteroatoms. The Morgan fingerprint density at radius 3 is 2.68 bits per heavy atom. The Labute approximate surface area is 164 Å². The van der Waals surface area contributed by atoms with Crippen LogP contribution in [0.2, 0.25) is 0 Å². The lowest BCUT2D eigenvalue weighted by Gasteiger charge is -2.25. The van der Waals surface area contributed by atoms with Crippen LogP contribution in [0.5, 0.6) is 0 Å². The van der Waals surface area contributed by atoms with E-state index in [1.807, 2.05) is 44.4 Å². The third kappa shape index (κ3) is 4.43. The monoisotopic (exact) mass is 378 g/mol. The van der Waals surface area contributed by atoms with Gasteiger partial charge in [-0.1, -0.05) is 42.5 Å². The van der Waals surface area contributed by atoms with Gasteiger partial charge in [-0.15, -0.1) is 0 Å². The number of carbonyl (C=O) groups is 2.